The second-order valence-corrected chi connectivity index (χ2v) is 11.3. The van der Waals surface area contributed by atoms with E-state index in [2.05, 4.69) is 46.2 Å². The largest absolute Gasteiger partial charge is 0.496 e. The van der Waals surface area contributed by atoms with E-state index in [0.29, 0.717) is 22.6 Å². The highest BCUT2D eigenvalue weighted by atomic mass is 16.5. The molecule has 2 atom stereocenters. The Hall–Kier alpha value is -2.17. The van der Waals surface area contributed by atoms with Gasteiger partial charge in [-0.25, -0.2) is 4.98 Å². The van der Waals surface area contributed by atoms with Crippen molar-refractivity contribution in [2.45, 2.75) is 59.0 Å². The van der Waals surface area contributed by atoms with E-state index in [1.807, 2.05) is 19.9 Å². The second-order valence-electron chi connectivity index (χ2n) is 11.3. The van der Waals surface area contributed by atoms with Crippen LogP contribution in [0.4, 0.5) is 5.69 Å². The first-order valence-electron chi connectivity index (χ1n) is 12.4. The van der Waals surface area contributed by atoms with Gasteiger partial charge in [0, 0.05) is 50.0 Å². The third kappa shape index (κ3) is 8.47. The predicted octanol–water partition coefficient (Wildman–Crippen LogP) is 2.82. The molecule has 35 heavy (non-hydrogen) atoms. The Morgan fingerprint density at radius 1 is 1.06 bits per heavy atom. The number of aromatic nitrogens is 1. The molecule has 0 bridgehead atoms. The van der Waals surface area contributed by atoms with Crippen molar-refractivity contribution in [3.8, 4) is 17.1 Å². The smallest absolute Gasteiger partial charge is 0.181 e. The number of aliphatic hydroxyl groups excluding tert-OH is 2. The number of aliphatic hydroxyl groups is 2. The van der Waals surface area contributed by atoms with E-state index in [1.165, 1.54) is 12.8 Å². The van der Waals surface area contributed by atoms with Gasteiger partial charge in [-0.1, -0.05) is 20.8 Å². The summed E-state index contributed by atoms with van der Waals surface area (Å²) in [6.45, 7) is 17.0. The molecule has 9 nitrogen and oxygen atoms in total. The lowest BCUT2D eigenvalue weighted by molar-refractivity contribution is -0.0111. The van der Waals surface area contributed by atoms with Gasteiger partial charge in [0.15, 0.2) is 18.4 Å². The number of ether oxygens (including phenoxy) is 1. The van der Waals surface area contributed by atoms with E-state index < -0.39 is 12.5 Å². The van der Waals surface area contributed by atoms with Crippen LogP contribution in [0.5, 0.6) is 5.75 Å². The van der Waals surface area contributed by atoms with E-state index in [4.69, 9.17) is 9.15 Å². The van der Waals surface area contributed by atoms with Gasteiger partial charge < -0.3 is 29.6 Å². The number of benzene rings is 1. The minimum Gasteiger partial charge on any atom is -0.496 e. The lowest BCUT2D eigenvalue weighted by Gasteiger charge is -2.41. The van der Waals surface area contributed by atoms with Gasteiger partial charge in [0.1, 0.15) is 12.0 Å². The average molecular weight is 490 g/mol. The highest BCUT2D eigenvalue weighted by Gasteiger charge is 2.29. The molecule has 1 aromatic heterocycles. The Morgan fingerprint density at radius 3 is 2.34 bits per heavy atom. The van der Waals surface area contributed by atoms with Crippen molar-refractivity contribution in [3.63, 3.8) is 0 Å². The molecule has 1 fully saturated rings. The molecule has 3 rings (SSSR count). The Morgan fingerprint density at radius 2 is 1.74 bits per heavy atom. The molecule has 1 saturated heterocycles. The standard InChI is InChI=1S/C26H43N5O4/c1-25(2,3)9-10-30-11-13-31(14-12-30)17-26(4,5)29-24(33)23(32)28-19-7-8-20(21(15-19)34-6)22-16-27-18-35-22/h7-8,15-16,18,23-24,28-29,32-33H,9-14,17H2,1-6H3. The van der Waals surface area contributed by atoms with Gasteiger partial charge in [-0.15, -0.1) is 0 Å². The number of hydrogen-bond acceptors (Lipinski definition) is 9. The topological polar surface area (TPSA) is 106 Å². The molecule has 0 saturated carbocycles. The number of methoxy groups -OCH3 is 1. The van der Waals surface area contributed by atoms with Crippen LogP contribution in [-0.4, -0.2) is 89.4 Å². The Balaban J connectivity index is 1.48. The maximum atomic E-state index is 10.7. The third-order valence-corrected chi connectivity index (χ3v) is 6.31. The molecule has 0 radical (unpaired) electrons. The van der Waals surface area contributed by atoms with Gasteiger partial charge in [0.2, 0.25) is 0 Å². The summed E-state index contributed by atoms with van der Waals surface area (Å²) < 4.78 is 10.8. The van der Waals surface area contributed by atoms with Crippen LogP contribution >= 0.6 is 0 Å². The quantitative estimate of drug-likeness (QED) is 0.355. The zero-order valence-electron chi connectivity index (χ0n) is 22.0. The van der Waals surface area contributed by atoms with Crippen LogP contribution < -0.4 is 15.4 Å². The summed E-state index contributed by atoms with van der Waals surface area (Å²) in [5.74, 6) is 1.16. The maximum Gasteiger partial charge on any atom is 0.181 e. The first kappa shape index (κ1) is 27.4. The van der Waals surface area contributed by atoms with Gasteiger partial charge in [-0.3, -0.25) is 10.2 Å². The number of rotatable bonds is 11. The Bertz CT molecular complexity index is 905. The van der Waals surface area contributed by atoms with Crippen LogP contribution in [-0.2, 0) is 0 Å². The van der Waals surface area contributed by atoms with Crippen LogP contribution in [0, 0.1) is 5.41 Å². The summed E-state index contributed by atoms with van der Waals surface area (Å²) in [6.07, 6.45) is 1.82. The number of nitrogens with zero attached hydrogens (tertiary/aromatic N) is 3. The van der Waals surface area contributed by atoms with Gasteiger partial charge in [0.05, 0.1) is 18.9 Å². The van der Waals surface area contributed by atoms with Crippen LogP contribution in [0.15, 0.2) is 35.2 Å². The fourth-order valence-electron chi connectivity index (χ4n) is 4.33. The molecular formula is C26H43N5O4. The number of nitrogens with one attached hydrogen (secondary N) is 2. The summed E-state index contributed by atoms with van der Waals surface area (Å²) in [4.78, 5) is 8.89. The molecule has 9 heteroatoms. The fraction of sp³-hybridized carbons (Fsp3) is 0.654. The van der Waals surface area contributed by atoms with Crippen molar-refractivity contribution in [1.29, 1.82) is 0 Å². The maximum absolute atomic E-state index is 10.7. The van der Waals surface area contributed by atoms with Crippen molar-refractivity contribution in [2.75, 3.05) is 51.7 Å². The molecular weight excluding hydrogens is 446 g/mol. The summed E-state index contributed by atoms with van der Waals surface area (Å²) >= 11 is 0. The minimum absolute atomic E-state index is 0.359. The SMILES string of the molecule is COc1cc(NC(O)C(O)NC(C)(C)CN2CCN(CCC(C)(C)C)CC2)ccc1-c1cnco1. The number of piperazine rings is 1. The van der Waals surface area contributed by atoms with Crippen LogP contribution in [0.25, 0.3) is 11.3 Å². The van der Waals surface area contributed by atoms with Crippen molar-refractivity contribution in [2.24, 2.45) is 5.41 Å². The number of oxazole rings is 1. The average Bonchev–Trinajstić information content (AvgIpc) is 3.32. The molecule has 0 aliphatic carbocycles. The van der Waals surface area contributed by atoms with E-state index >= 15 is 0 Å². The normalized spacial score (nSPS) is 17.8. The van der Waals surface area contributed by atoms with Crippen molar-refractivity contribution in [1.82, 2.24) is 20.1 Å². The van der Waals surface area contributed by atoms with Crippen LogP contribution in [0.2, 0.25) is 0 Å². The molecule has 4 N–H and O–H groups in total. The monoisotopic (exact) mass is 489 g/mol. The third-order valence-electron chi connectivity index (χ3n) is 6.31. The van der Waals surface area contributed by atoms with Crippen molar-refractivity contribution in [3.05, 3.63) is 30.8 Å². The lowest BCUT2D eigenvalue weighted by Crippen LogP contribution is -2.59. The summed E-state index contributed by atoms with van der Waals surface area (Å²) in [5, 5.41) is 27.4. The van der Waals surface area contributed by atoms with Gasteiger partial charge in [-0.05, 0) is 44.4 Å². The first-order chi connectivity index (χ1) is 16.5. The lowest BCUT2D eigenvalue weighted by atomic mass is 9.92. The highest BCUT2D eigenvalue weighted by Crippen LogP contribution is 2.32. The zero-order chi connectivity index (χ0) is 25.6. The molecule has 2 aromatic rings. The molecule has 2 unspecified atom stereocenters. The highest BCUT2D eigenvalue weighted by molar-refractivity contribution is 5.69. The Labute approximate surface area is 209 Å². The van der Waals surface area contributed by atoms with E-state index in [-0.39, 0.29) is 5.54 Å². The summed E-state index contributed by atoms with van der Waals surface area (Å²) in [6, 6.07) is 5.36. The van der Waals surface area contributed by atoms with Gasteiger partial charge in [-0.2, -0.15) is 0 Å². The minimum atomic E-state index is -1.20. The van der Waals surface area contributed by atoms with Crippen LogP contribution in [0.3, 0.4) is 0 Å². The van der Waals surface area contributed by atoms with Crippen molar-refractivity contribution >= 4 is 5.69 Å². The first-order valence-corrected chi connectivity index (χ1v) is 12.4. The Kier molecular flexibility index (Phi) is 9.17. The molecule has 2 heterocycles. The van der Waals surface area contributed by atoms with E-state index in [9.17, 15) is 10.2 Å². The van der Waals surface area contributed by atoms with E-state index in [1.54, 1.807) is 25.4 Å². The summed E-state index contributed by atoms with van der Waals surface area (Å²) in [5.41, 5.74) is 1.34. The fourth-order valence-corrected chi connectivity index (χ4v) is 4.33. The number of anilines is 1. The van der Waals surface area contributed by atoms with E-state index in [0.717, 1.165) is 44.8 Å². The van der Waals surface area contributed by atoms with Gasteiger partial charge >= 0.3 is 0 Å². The van der Waals surface area contributed by atoms with Gasteiger partial charge in [0.25, 0.3) is 0 Å². The molecule has 0 spiro atoms. The van der Waals surface area contributed by atoms with Crippen LogP contribution in [0.1, 0.15) is 41.0 Å². The zero-order valence-corrected chi connectivity index (χ0v) is 22.0. The molecule has 1 aromatic carbocycles. The number of hydrogen-bond donors (Lipinski definition) is 4. The predicted molar refractivity (Wildman–Crippen MR) is 138 cm³/mol. The molecule has 1 aliphatic rings. The molecule has 196 valence electrons. The molecule has 1 aliphatic heterocycles. The summed E-state index contributed by atoms with van der Waals surface area (Å²) in [7, 11) is 1.57. The molecule has 0 amide bonds. The van der Waals surface area contributed by atoms with Crippen molar-refractivity contribution < 1.29 is 19.4 Å². The second kappa shape index (κ2) is 11.7.